The first-order chi connectivity index (χ1) is 9.02. The molecule has 0 N–H and O–H groups in total. The molecule has 1 saturated heterocycles. The maximum atomic E-state index is 12.6. The molecule has 0 saturated carbocycles. The van der Waals surface area contributed by atoms with Gasteiger partial charge in [0, 0.05) is 31.0 Å². The van der Waals surface area contributed by atoms with Crippen molar-refractivity contribution in [2.75, 3.05) is 13.1 Å². The van der Waals surface area contributed by atoms with Crippen molar-refractivity contribution in [1.29, 1.82) is 0 Å². The average molecular weight is 259 g/mol. The molecule has 1 fully saturated rings. The highest BCUT2D eigenvalue weighted by Gasteiger charge is 2.29. The van der Waals surface area contributed by atoms with Gasteiger partial charge in [0.2, 0.25) is 0 Å². The first-order valence-corrected chi connectivity index (χ1v) is 6.92. The first-order valence-electron chi connectivity index (χ1n) is 6.92. The van der Waals surface area contributed by atoms with E-state index in [1.807, 2.05) is 43.9 Å². The number of rotatable bonds is 2. The molecular formula is C16H21NO2. The van der Waals surface area contributed by atoms with Crippen molar-refractivity contribution in [3.63, 3.8) is 0 Å². The summed E-state index contributed by atoms with van der Waals surface area (Å²) < 4.78 is 0. The van der Waals surface area contributed by atoms with Crippen LogP contribution in [0.2, 0.25) is 0 Å². The number of Topliss-reactive ketones (excluding diaryl/α,β-unsaturated/α-hetero) is 1. The minimum Gasteiger partial charge on any atom is -0.337 e. The van der Waals surface area contributed by atoms with Crippen molar-refractivity contribution in [2.45, 2.75) is 33.6 Å². The molecule has 1 aliphatic heterocycles. The fourth-order valence-electron chi connectivity index (χ4n) is 2.59. The van der Waals surface area contributed by atoms with Crippen molar-refractivity contribution < 1.29 is 9.59 Å². The number of carbonyl (C=O) groups is 2. The minimum atomic E-state index is 0.0165. The van der Waals surface area contributed by atoms with Crippen molar-refractivity contribution in [2.24, 2.45) is 5.92 Å². The van der Waals surface area contributed by atoms with E-state index in [1.54, 1.807) is 0 Å². The van der Waals surface area contributed by atoms with Gasteiger partial charge in [-0.3, -0.25) is 9.59 Å². The number of amides is 1. The molecule has 1 aliphatic rings. The van der Waals surface area contributed by atoms with E-state index in [2.05, 4.69) is 0 Å². The van der Waals surface area contributed by atoms with Crippen LogP contribution in [-0.4, -0.2) is 29.7 Å². The van der Waals surface area contributed by atoms with Gasteiger partial charge in [-0.15, -0.1) is 0 Å². The van der Waals surface area contributed by atoms with Crippen LogP contribution in [0.15, 0.2) is 18.2 Å². The fourth-order valence-corrected chi connectivity index (χ4v) is 2.59. The summed E-state index contributed by atoms with van der Waals surface area (Å²) in [6, 6.07) is 5.94. The van der Waals surface area contributed by atoms with Crippen molar-refractivity contribution in [3.8, 4) is 0 Å². The third-order valence-electron chi connectivity index (χ3n) is 3.93. The zero-order valence-corrected chi connectivity index (χ0v) is 11.9. The molecule has 0 aliphatic carbocycles. The molecule has 0 radical (unpaired) electrons. The summed E-state index contributed by atoms with van der Waals surface area (Å²) in [5.74, 6) is 0.377. The molecule has 0 spiro atoms. The van der Waals surface area contributed by atoms with E-state index in [0.29, 0.717) is 25.3 Å². The average Bonchev–Trinajstić information content (AvgIpc) is 2.41. The Kier molecular flexibility index (Phi) is 4.03. The molecule has 1 atom stereocenters. The molecule has 1 amide bonds. The minimum absolute atomic E-state index is 0.0165. The standard InChI is InChI=1S/C16H21NO2/c1-4-13-10-17(8-7-15(13)18)16(19)14-9-11(2)5-6-12(14)3/h5-6,9,13H,4,7-8,10H2,1-3H3. The van der Waals surface area contributed by atoms with Gasteiger partial charge in [0.15, 0.2) is 0 Å². The van der Waals surface area contributed by atoms with E-state index in [0.717, 1.165) is 23.1 Å². The third-order valence-corrected chi connectivity index (χ3v) is 3.93. The van der Waals surface area contributed by atoms with Gasteiger partial charge in [0.1, 0.15) is 5.78 Å². The van der Waals surface area contributed by atoms with Gasteiger partial charge in [-0.05, 0) is 31.9 Å². The van der Waals surface area contributed by atoms with Crippen LogP contribution in [0.1, 0.15) is 41.3 Å². The number of hydrogen-bond donors (Lipinski definition) is 0. The molecular weight excluding hydrogens is 238 g/mol. The normalized spacial score (nSPS) is 19.6. The van der Waals surface area contributed by atoms with Crippen molar-refractivity contribution in [3.05, 3.63) is 34.9 Å². The summed E-state index contributed by atoms with van der Waals surface area (Å²) in [6.07, 6.45) is 1.31. The second-order valence-corrected chi connectivity index (χ2v) is 5.39. The van der Waals surface area contributed by atoms with Crippen LogP contribution in [0.25, 0.3) is 0 Å². The molecule has 0 bridgehead atoms. The van der Waals surface area contributed by atoms with Crippen LogP contribution in [0.4, 0.5) is 0 Å². The summed E-state index contributed by atoms with van der Waals surface area (Å²) in [4.78, 5) is 26.1. The van der Waals surface area contributed by atoms with Crippen LogP contribution in [0, 0.1) is 19.8 Å². The Labute approximate surface area is 114 Å². The summed E-state index contributed by atoms with van der Waals surface area (Å²) in [7, 11) is 0. The zero-order chi connectivity index (χ0) is 14.0. The number of likely N-dealkylation sites (tertiary alicyclic amines) is 1. The lowest BCUT2D eigenvalue weighted by atomic mass is 9.93. The van der Waals surface area contributed by atoms with E-state index in [9.17, 15) is 9.59 Å². The summed E-state index contributed by atoms with van der Waals surface area (Å²) >= 11 is 0. The predicted molar refractivity (Wildman–Crippen MR) is 75.2 cm³/mol. The zero-order valence-electron chi connectivity index (χ0n) is 11.9. The van der Waals surface area contributed by atoms with Gasteiger partial charge >= 0.3 is 0 Å². The number of ketones is 1. The lowest BCUT2D eigenvalue weighted by Crippen LogP contribution is -2.44. The molecule has 1 aromatic carbocycles. The Hall–Kier alpha value is -1.64. The number of piperidine rings is 1. The Morgan fingerprint density at radius 1 is 1.37 bits per heavy atom. The molecule has 1 unspecified atom stereocenters. The van der Waals surface area contributed by atoms with E-state index >= 15 is 0 Å². The van der Waals surface area contributed by atoms with Crippen LogP contribution < -0.4 is 0 Å². The third kappa shape index (κ3) is 2.86. The van der Waals surface area contributed by atoms with Gasteiger partial charge < -0.3 is 4.90 Å². The summed E-state index contributed by atoms with van der Waals surface area (Å²) in [5.41, 5.74) is 2.86. The molecule has 0 aromatic heterocycles. The quantitative estimate of drug-likeness (QED) is 0.819. The van der Waals surface area contributed by atoms with Gasteiger partial charge in [0.25, 0.3) is 5.91 Å². The second kappa shape index (κ2) is 5.55. The van der Waals surface area contributed by atoms with Crippen LogP contribution in [0.5, 0.6) is 0 Å². The topological polar surface area (TPSA) is 37.4 Å². The number of nitrogens with zero attached hydrogens (tertiary/aromatic N) is 1. The molecule has 19 heavy (non-hydrogen) atoms. The van der Waals surface area contributed by atoms with Crippen LogP contribution >= 0.6 is 0 Å². The van der Waals surface area contributed by atoms with Gasteiger partial charge in [-0.1, -0.05) is 24.6 Å². The first kappa shape index (κ1) is 13.8. The molecule has 1 aromatic rings. The molecule has 2 rings (SSSR count). The Balaban J connectivity index is 2.20. The van der Waals surface area contributed by atoms with E-state index < -0.39 is 0 Å². The van der Waals surface area contributed by atoms with Crippen LogP contribution in [-0.2, 0) is 4.79 Å². The molecule has 3 nitrogen and oxygen atoms in total. The highest BCUT2D eigenvalue weighted by atomic mass is 16.2. The van der Waals surface area contributed by atoms with Gasteiger partial charge in [0.05, 0.1) is 0 Å². The number of carbonyl (C=O) groups excluding carboxylic acids is 2. The molecule has 3 heteroatoms. The Morgan fingerprint density at radius 2 is 2.11 bits per heavy atom. The summed E-state index contributed by atoms with van der Waals surface area (Å²) in [6.45, 7) is 7.08. The SMILES string of the molecule is CCC1CN(C(=O)c2cc(C)ccc2C)CCC1=O. The molecule has 102 valence electrons. The van der Waals surface area contributed by atoms with Crippen LogP contribution in [0.3, 0.4) is 0 Å². The van der Waals surface area contributed by atoms with Gasteiger partial charge in [-0.25, -0.2) is 0 Å². The Bertz CT molecular complexity index is 507. The largest absolute Gasteiger partial charge is 0.337 e. The molecule has 1 heterocycles. The fraction of sp³-hybridized carbons (Fsp3) is 0.500. The number of aryl methyl sites for hydroxylation is 2. The summed E-state index contributed by atoms with van der Waals surface area (Å²) in [5, 5.41) is 0. The number of hydrogen-bond acceptors (Lipinski definition) is 2. The maximum absolute atomic E-state index is 12.6. The highest BCUT2D eigenvalue weighted by Crippen LogP contribution is 2.20. The lowest BCUT2D eigenvalue weighted by Gasteiger charge is -2.31. The Morgan fingerprint density at radius 3 is 2.79 bits per heavy atom. The van der Waals surface area contributed by atoms with E-state index in [1.165, 1.54) is 0 Å². The highest BCUT2D eigenvalue weighted by molar-refractivity contribution is 5.97. The van der Waals surface area contributed by atoms with E-state index in [-0.39, 0.29) is 11.8 Å². The lowest BCUT2D eigenvalue weighted by molar-refractivity contribution is -0.125. The maximum Gasteiger partial charge on any atom is 0.254 e. The second-order valence-electron chi connectivity index (χ2n) is 5.39. The monoisotopic (exact) mass is 259 g/mol. The van der Waals surface area contributed by atoms with Crippen molar-refractivity contribution >= 4 is 11.7 Å². The number of benzene rings is 1. The van der Waals surface area contributed by atoms with Crippen molar-refractivity contribution in [1.82, 2.24) is 4.90 Å². The van der Waals surface area contributed by atoms with E-state index in [4.69, 9.17) is 0 Å². The smallest absolute Gasteiger partial charge is 0.254 e. The van der Waals surface area contributed by atoms with Gasteiger partial charge in [-0.2, -0.15) is 0 Å². The predicted octanol–water partition coefficient (Wildman–Crippen LogP) is 2.74.